The van der Waals surface area contributed by atoms with E-state index in [-0.39, 0.29) is 29.8 Å². The van der Waals surface area contributed by atoms with Gasteiger partial charge in [0.05, 0.1) is 10.6 Å². The van der Waals surface area contributed by atoms with Crippen LogP contribution in [0.15, 0.2) is 120 Å². The average molecular weight is 644 g/mol. The molecule has 2 amide bonds. The second kappa shape index (κ2) is 15.2. The first-order chi connectivity index (χ1) is 21.8. The third kappa shape index (κ3) is 8.53. The van der Waals surface area contributed by atoms with Crippen molar-refractivity contribution in [2.24, 2.45) is 0 Å². The molecular weight excluding hydrogens is 606 g/mol. The Morgan fingerprint density at radius 3 is 1.96 bits per heavy atom. The predicted octanol–water partition coefficient (Wildman–Crippen LogP) is 6.62. The van der Waals surface area contributed by atoms with E-state index in [9.17, 15) is 18.0 Å². The number of carbonyl (C=O) groups excluding carboxylic acids is 2. The first-order valence-corrected chi connectivity index (χ1v) is 17.1. The number of hydrogen-bond acceptors (Lipinski definition) is 4. The van der Waals surface area contributed by atoms with Crippen molar-refractivity contribution >= 4 is 39.1 Å². The predicted molar refractivity (Wildman–Crippen MR) is 178 cm³/mol. The quantitative estimate of drug-likeness (QED) is 0.188. The molecule has 0 heterocycles. The fraction of sp³-hybridized carbons (Fsp3) is 0.278. The second-order valence-electron chi connectivity index (χ2n) is 11.4. The van der Waals surface area contributed by atoms with Gasteiger partial charge in [-0.2, -0.15) is 0 Å². The lowest BCUT2D eigenvalue weighted by molar-refractivity contribution is -0.140. The molecule has 1 aliphatic carbocycles. The first-order valence-electron chi connectivity index (χ1n) is 15.3. The number of sulfonamides is 1. The highest BCUT2D eigenvalue weighted by Gasteiger charge is 2.35. The molecule has 7 nitrogen and oxygen atoms in total. The van der Waals surface area contributed by atoms with Crippen LogP contribution in [-0.4, -0.2) is 43.8 Å². The van der Waals surface area contributed by atoms with Crippen LogP contribution in [0.25, 0.3) is 0 Å². The van der Waals surface area contributed by atoms with E-state index in [1.165, 1.54) is 17.0 Å². The summed E-state index contributed by atoms with van der Waals surface area (Å²) in [6, 6.07) is 32.5. The zero-order valence-corrected chi connectivity index (χ0v) is 26.7. The zero-order valence-electron chi connectivity index (χ0n) is 25.1. The second-order valence-corrected chi connectivity index (χ2v) is 13.7. The Morgan fingerprint density at radius 1 is 0.756 bits per heavy atom. The van der Waals surface area contributed by atoms with Gasteiger partial charge in [-0.25, -0.2) is 8.42 Å². The summed E-state index contributed by atoms with van der Waals surface area (Å²) in [5.41, 5.74) is 2.02. The molecule has 0 aliphatic heterocycles. The molecule has 4 aromatic rings. The minimum absolute atomic E-state index is 0.0382. The van der Waals surface area contributed by atoms with Gasteiger partial charge in [-0.1, -0.05) is 110 Å². The molecule has 1 unspecified atom stereocenters. The zero-order chi connectivity index (χ0) is 31.6. The van der Waals surface area contributed by atoms with Crippen LogP contribution in [-0.2, 0) is 32.6 Å². The van der Waals surface area contributed by atoms with Gasteiger partial charge < -0.3 is 10.2 Å². The number of benzene rings is 4. The van der Waals surface area contributed by atoms with E-state index in [4.69, 9.17) is 11.6 Å². The van der Waals surface area contributed by atoms with Gasteiger partial charge in [-0.05, 0) is 60.4 Å². The van der Waals surface area contributed by atoms with Crippen LogP contribution in [0.4, 0.5) is 5.69 Å². The lowest BCUT2D eigenvalue weighted by atomic mass is 9.94. The molecule has 4 aromatic carbocycles. The lowest BCUT2D eigenvalue weighted by Gasteiger charge is -2.35. The molecule has 5 rings (SSSR count). The third-order valence-electron chi connectivity index (χ3n) is 8.14. The number of halogens is 1. The average Bonchev–Trinajstić information content (AvgIpc) is 3.07. The minimum atomic E-state index is -4.12. The van der Waals surface area contributed by atoms with E-state index in [0.717, 1.165) is 47.5 Å². The molecule has 45 heavy (non-hydrogen) atoms. The largest absolute Gasteiger partial charge is 0.352 e. The van der Waals surface area contributed by atoms with E-state index < -0.39 is 28.5 Å². The monoisotopic (exact) mass is 643 g/mol. The van der Waals surface area contributed by atoms with Crippen molar-refractivity contribution < 1.29 is 18.0 Å². The van der Waals surface area contributed by atoms with Crippen LogP contribution < -0.4 is 9.62 Å². The minimum Gasteiger partial charge on any atom is -0.352 e. The highest BCUT2D eigenvalue weighted by molar-refractivity contribution is 7.92. The summed E-state index contributed by atoms with van der Waals surface area (Å²) in [5, 5.41) is 3.78. The topological polar surface area (TPSA) is 86.8 Å². The van der Waals surface area contributed by atoms with Crippen LogP contribution in [0.1, 0.15) is 43.2 Å². The summed E-state index contributed by atoms with van der Waals surface area (Å²) in [4.78, 5) is 30.2. The molecular formula is C36H38ClN3O4S. The molecule has 9 heteroatoms. The van der Waals surface area contributed by atoms with E-state index in [1.54, 1.807) is 60.7 Å². The van der Waals surface area contributed by atoms with Crippen molar-refractivity contribution in [1.82, 2.24) is 10.2 Å². The van der Waals surface area contributed by atoms with Gasteiger partial charge in [0, 0.05) is 24.0 Å². The van der Waals surface area contributed by atoms with Gasteiger partial charge in [0.25, 0.3) is 10.0 Å². The number of anilines is 1. The van der Waals surface area contributed by atoms with Crippen molar-refractivity contribution in [3.8, 4) is 0 Å². The molecule has 0 bridgehead atoms. The van der Waals surface area contributed by atoms with Gasteiger partial charge in [0.15, 0.2) is 0 Å². The molecule has 1 atom stereocenters. The number of carbonyl (C=O) groups is 2. The van der Waals surface area contributed by atoms with Crippen molar-refractivity contribution in [2.75, 3.05) is 10.8 Å². The van der Waals surface area contributed by atoms with Crippen LogP contribution in [0.3, 0.4) is 0 Å². The fourth-order valence-corrected chi connectivity index (χ4v) is 7.29. The summed E-state index contributed by atoms with van der Waals surface area (Å²) in [6.07, 6.45) is 5.30. The number of para-hydroxylation sites is 1. The highest BCUT2D eigenvalue weighted by atomic mass is 35.5. The first kappa shape index (κ1) is 32.3. The Balaban J connectivity index is 1.54. The van der Waals surface area contributed by atoms with E-state index in [1.807, 2.05) is 42.5 Å². The Kier molecular flexibility index (Phi) is 10.9. The maximum Gasteiger partial charge on any atom is 0.264 e. The van der Waals surface area contributed by atoms with Crippen LogP contribution >= 0.6 is 11.6 Å². The summed E-state index contributed by atoms with van der Waals surface area (Å²) < 4.78 is 29.1. The van der Waals surface area contributed by atoms with Crippen molar-refractivity contribution in [3.05, 3.63) is 131 Å². The molecule has 0 spiro atoms. The normalized spacial score (nSPS) is 14.3. The molecule has 0 radical (unpaired) electrons. The lowest BCUT2D eigenvalue weighted by Crippen LogP contribution is -2.55. The number of amides is 2. The van der Waals surface area contributed by atoms with Gasteiger partial charge in [-0.15, -0.1) is 0 Å². The number of hydrogen-bond donors (Lipinski definition) is 1. The maximum atomic E-state index is 14.5. The Labute approximate surface area is 270 Å². The van der Waals surface area contributed by atoms with Crippen molar-refractivity contribution in [3.63, 3.8) is 0 Å². The van der Waals surface area contributed by atoms with Crippen molar-refractivity contribution in [1.29, 1.82) is 0 Å². The number of nitrogens with zero attached hydrogens (tertiary/aromatic N) is 2. The van der Waals surface area contributed by atoms with Gasteiger partial charge in [0.2, 0.25) is 11.8 Å². The Morgan fingerprint density at radius 2 is 1.33 bits per heavy atom. The van der Waals surface area contributed by atoms with E-state index in [0.29, 0.717) is 10.7 Å². The molecule has 1 fully saturated rings. The summed E-state index contributed by atoms with van der Waals surface area (Å²) >= 11 is 6.17. The molecule has 1 N–H and O–H groups in total. The summed E-state index contributed by atoms with van der Waals surface area (Å²) in [6.45, 7) is -0.392. The van der Waals surface area contributed by atoms with Crippen molar-refractivity contribution in [2.45, 2.75) is 62.0 Å². The standard InChI is InChI=1S/C36H38ClN3O4S/c37-30-23-21-29(22-24-30)26-39(34(25-28-13-5-1-6-14-28)36(42)38-31-15-7-2-8-16-31)35(41)27-40(32-17-9-3-10-18-32)45(43,44)33-19-11-4-12-20-33/h1,3-6,9-14,17-24,31,34H,2,7-8,15-16,25-27H2,(H,38,42). The van der Waals surface area contributed by atoms with E-state index in [2.05, 4.69) is 5.32 Å². The molecule has 0 aromatic heterocycles. The van der Waals surface area contributed by atoms with E-state index >= 15 is 0 Å². The number of rotatable bonds is 12. The Hall–Kier alpha value is -4.14. The van der Waals surface area contributed by atoms with Gasteiger partial charge in [-0.3, -0.25) is 13.9 Å². The molecule has 0 saturated heterocycles. The SMILES string of the molecule is O=C(NC1CCCCC1)C(Cc1ccccc1)N(Cc1ccc(Cl)cc1)C(=O)CN(c1ccccc1)S(=O)(=O)c1ccccc1. The van der Waals surface area contributed by atoms with Crippen LogP contribution in [0, 0.1) is 0 Å². The highest BCUT2D eigenvalue weighted by Crippen LogP contribution is 2.25. The van der Waals surface area contributed by atoms with Crippen LogP contribution in [0.2, 0.25) is 5.02 Å². The smallest absolute Gasteiger partial charge is 0.264 e. The molecule has 1 aliphatic rings. The maximum absolute atomic E-state index is 14.5. The summed E-state index contributed by atoms with van der Waals surface area (Å²) in [7, 11) is -4.12. The van der Waals surface area contributed by atoms with Gasteiger partial charge in [0.1, 0.15) is 12.6 Å². The fourth-order valence-electron chi connectivity index (χ4n) is 5.73. The molecule has 1 saturated carbocycles. The Bertz CT molecular complexity index is 1650. The number of nitrogens with one attached hydrogen (secondary N) is 1. The third-order valence-corrected chi connectivity index (χ3v) is 10.2. The summed E-state index contributed by atoms with van der Waals surface area (Å²) in [5.74, 6) is -0.738. The molecule has 234 valence electrons. The van der Waals surface area contributed by atoms with Crippen LogP contribution in [0.5, 0.6) is 0 Å². The van der Waals surface area contributed by atoms with Gasteiger partial charge >= 0.3 is 0 Å².